The lowest BCUT2D eigenvalue weighted by molar-refractivity contribution is 0.248. The summed E-state index contributed by atoms with van der Waals surface area (Å²) in [4.78, 5) is 5.26. The quantitative estimate of drug-likeness (QED) is 0.901. The highest BCUT2D eigenvalue weighted by molar-refractivity contribution is 5.52. The molecular weight excluding hydrogens is 258 g/mol. The van der Waals surface area contributed by atoms with Crippen molar-refractivity contribution in [3.05, 3.63) is 29.3 Å². The monoisotopic (exact) mass is 285 g/mol. The summed E-state index contributed by atoms with van der Waals surface area (Å²) in [5, 5.41) is 3.63. The van der Waals surface area contributed by atoms with Crippen LogP contribution in [0.4, 0.5) is 5.69 Å². The zero-order chi connectivity index (χ0) is 14.2. The first kappa shape index (κ1) is 13.6. The first-order chi connectivity index (χ1) is 10.3. The Hall–Kier alpha value is -1.06. The second-order valence-corrected chi connectivity index (χ2v) is 6.92. The smallest absolute Gasteiger partial charge is 0.0370 e. The van der Waals surface area contributed by atoms with E-state index >= 15 is 0 Å². The Balaban J connectivity index is 1.50. The van der Waals surface area contributed by atoms with E-state index in [0.717, 1.165) is 12.6 Å². The lowest BCUT2D eigenvalue weighted by Gasteiger charge is -2.36. The van der Waals surface area contributed by atoms with E-state index in [1.807, 2.05) is 0 Å². The molecule has 3 heteroatoms. The van der Waals surface area contributed by atoms with E-state index in [2.05, 4.69) is 40.2 Å². The van der Waals surface area contributed by atoms with Crippen molar-refractivity contribution in [1.82, 2.24) is 10.2 Å². The number of hydrogen-bond donors (Lipinski definition) is 1. The zero-order valence-electron chi connectivity index (χ0n) is 13.1. The van der Waals surface area contributed by atoms with Gasteiger partial charge in [-0.05, 0) is 62.4 Å². The van der Waals surface area contributed by atoms with Gasteiger partial charge in [-0.1, -0.05) is 6.07 Å². The number of aryl methyl sites for hydroxylation is 1. The van der Waals surface area contributed by atoms with Crippen molar-refractivity contribution in [2.75, 3.05) is 37.6 Å². The topological polar surface area (TPSA) is 18.5 Å². The van der Waals surface area contributed by atoms with Crippen LogP contribution in [0.15, 0.2) is 18.2 Å². The van der Waals surface area contributed by atoms with Crippen LogP contribution in [0.1, 0.15) is 43.4 Å². The van der Waals surface area contributed by atoms with Crippen LogP contribution in [0.3, 0.4) is 0 Å². The minimum atomic E-state index is 0.496. The summed E-state index contributed by atoms with van der Waals surface area (Å²) < 4.78 is 0. The number of rotatable bonds is 2. The Labute approximate surface area is 128 Å². The molecule has 0 amide bonds. The van der Waals surface area contributed by atoms with E-state index in [0.29, 0.717) is 6.04 Å². The summed E-state index contributed by atoms with van der Waals surface area (Å²) in [5.74, 6) is 0. The number of hydrogen-bond acceptors (Lipinski definition) is 3. The van der Waals surface area contributed by atoms with Crippen molar-refractivity contribution in [3.63, 3.8) is 0 Å². The second kappa shape index (κ2) is 5.62. The predicted molar refractivity (Wildman–Crippen MR) is 88.0 cm³/mol. The molecule has 1 aliphatic carbocycles. The SMILES string of the molecule is C[C@@H]1NCCCc2ccc(N3CCN(C4CC4)CC3)cc21. The largest absolute Gasteiger partial charge is 0.369 e. The third-order valence-electron chi connectivity index (χ3n) is 5.41. The molecule has 3 nitrogen and oxygen atoms in total. The fourth-order valence-corrected chi connectivity index (χ4v) is 3.90. The fraction of sp³-hybridized carbons (Fsp3) is 0.667. The van der Waals surface area contributed by atoms with Gasteiger partial charge in [-0.25, -0.2) is 0 Å². The number of anilines is 1. The van der Waals surface area contributed by atoms with Crippen LogP contribution < -0.4 is 10.2 Å². The van der Waals surface area contributed by atoms with Crippen molar-refractivity contribution < 1.29 is 0 Å². The van der Waals surface area contributed by atoms with Gasteiger partial charge < -0.3 is 10.2 Å². The highest BCUT2D eigenvalue weighted by Gasteiger charge is 2.31. The summed E-state index contributed by atoms with van der Waals surface area (Å²) in [6.45, 7) is 8.32. The molecule has 1 atom stereocenters. The highest BCUT2D eigenvalue weighted by Crippen LogP contribution is 2.30. The number of nitrogens with zero attached hydrogens (tertiary/aromatic N) is 2. The fourth-order valence-electron chi connectivity index (χ4n) is 3.90. The van der Waals surface area contributed by atoms with Crippen LogP contribution in [0.2, 0.25) is 0 Å². The standard InChI is InChI=1S/C18H27N3/c1-14-18-13-17(5-4-15(18)3-2-8-19-14)21-11-9-20(10-12-21)16-6-7-16/h4-5,13-14,16,19H,2-3,6-12H2,1H3/t14-/m0/s1. The summed E-state index contributed by atoms with van der Waals surface area (Å²) in [7, 11) is 0. The van der Waals surface area contributed by atoms with Crippen molar-refractivity contribution in [1.29, 1.82) is 0 Å². The highest BCUT2D eigenvalue weighted by atomic mass is 15.3. The number of fused-ring (bicyclic) bond motifs is 1. The minimum absolute atomic E-state index is 0.496. The van der Waals surface area contributed by atoms with Gasteiger partial charge in [0.25, 0.3) is 0 Å². The number of piperazine rings is 1. The summed E-state index contributed by atoms with van der Waals surface area (Å²) >= 11 is 0. The molecule has 2 fully saturated rings. The van der Waals surface area contributed by atoms with Gasteiger partial charge in [0.15, 0.2) is 0 Å². The molecule has 1 N–H and O–H groups in total. The molecule has 0 radical (unpaired) electrons. The molecule has 4 rings (SSSR count). The molecule has 0 spiro atoms. The van der Waals surface area contributed by atoms with Gasteiger partial charge in [0, 0.05) is 44.0 Å². The van der Waals surface area contributed by atoms with Gasteiger partial charge in [-0.2, -0.15) is 0 Å². The molecule has 1 saturated carbocycles. The van der Waals surface area contributed by atoms with Crippen LogP contribution in [0.5, 0.6) is 0 Å². The first-order valence-corrected chi connectivity index (χ1v) is 8.66. The molecule has 114 valence electrons. The average Bonchev–Trinajstić information content (AvgIpc) is 3.36. The van der Waals surface area contributed by atoms with Gasteiger partial charge in [0.05, 0.1) is 0 Å². The number of benzene rings is 1. The first-order valence-electron chi connectivity index (χ1n) is 8.66. The maximum Gasteiger partial charge on any atom is 0.0370 e. The second-order valence-electron chi connectivity index (χ2n) is 6.92. The Morgan fingerprint density at radius 2 is 1.90 bits per heavy atom. The molecule has 21 heavy (non-hydrogen) atoms. The Morgan fingerprint density at radius 1 is 1.10 bits per heavy atom. The zero-order valence-corrected chi connectivity index (χ0v) is 13.1. The molecule has 2 heterocycles. The Kier molecular flexibility index (Phi) is 3.64. The molecule has 0 bridgehead atoms. The summed E-state index contributed by atoms with van der Waals surface area (Å²) in [5.41, 5.74) is 4.50. The minimum Gasteiger partial charge on any atom is -0.369 e. The third kappa shape index (κ3) is 2.82. The van der Waals surface area contributed by atoms with Crippen LogP contribution in [-0.2, 0) is 6.42 Å². The normalized spacial score (nSPS) is 27.3. The maximum atomic E-state index is 3.63. The van der Waals surface area contributed by atoms with Gasteiger partial charge >= 0.3 is 0 Å². The molecule has 1 saturated heterocycles. The molecule has 1 aromatic rings. The van der Waals surface area contributed by atoms with Crippen LogP contribution >= 0.6 is 0 Å². The lowest BCUT2D eigenvalue weighted by atomic mass is 9.98. The van der Waals surface area contributed by atoms with E-state index in [1.54, 1.807) is 5.56 Å². The van der Waals surface area contributed by atoms with E-state index < -0.39 is 0 Å². The molecule has 0 unspecified atom stereocenters. The van der Waals surface area contributed by atoms with Crippen LogP contribution in [0.25, 0.3) is 0 Å². The molecule has 1 aromatic carbocycles. The van der Waals surface area contributed by atoms with E-state index in [-0.39, 0.29) is 0 Å². The predicted octanol–water partition coefficient (Wildman–Crippen LogP) is 2.57. The van der Waals surface area contributed by atoms with E-state index in [1.165, 1.54) is 63.1 Å². The van der Waals surface area contributed by atoms with Gasteiger partial charge in [0.1, 0.15) is 0 Å². The van der Waals surface area contributed by atoms with Crippen molar-refractivity contribution in [2.45, 2.75) is 44.7 Å². The van der Waals surface area contributed by atoms with E-state index in [9.17, 15) is 0 Å². The van der Waals surface area contributed by atoms with Crippen molar-refractivity contribution >= 4 is 5.69 Å². The van der Waals surface area contributed by atoms with Gasteiger partial charge in [-0.15, -0.1) is 0 Å². The van der Waals surface area contributed by atoms with Crippen molar-refractivity contribution in [2.24, 2.45) is 0 Å². The molecule has 3 aliphatic rings. The summed E-state index contributed by atoms with van der Waals surface area (Å²) in [6, 6.07) is 8.59. The number of nitrogens with one attached hydrogen (secondary N) is 1. The Morgan fingerprint density at radius 3 is 2.67 bits per heavy atom. The van der Waals surface area contributed by atoms with Gasteiger partial charge in [-0.3, -0.25) is 4.90 Å². The van der Waals surface area contributed by atoms with Crippen LogP contribution in [-0.4, -0.2) is 43.7 Å². The average molecular weight is 285 g/mol. The van der Waals surface area contributed by atoms with Gasteiger partial charge in [0.2, 0.25) is 0 Å². The molecule has 0 aromatic heterocycles. The Bertz CT molecular complexity index is 501. The molecule has 2 aliphatic heterocycles. The van der Waals surface area contributed by atoms with Crippen molar-refractivity contribution in [3.8, 4) is 0 Å². The van der Waals surface area contributed by atoms with Crippen LogP contribution in [0, 0.1) is 0 Å². The van der Waals surface area contributed by atoms with E-state index in [4.69, 9.17) is 0 Å². The lowest BCUT2D eigenvalue weighted by Crippen LogP contribution is -2.47. The third-order valence-corrected chi connectivity index (χ3v) is 5.41. The summed E-state index contributed by atoms with van der Waals surface area (Å²) in [6.07, 6.45) is 5.35. The maximum absolute atomic E-state index is 3.63. The molecular formula is C18H27N3.